The van der Waals surface area contributed by atoms with Gasteiger partial charge in [0.15, 0.2) is 4.90 Å². The lowest BCUT2D eigenvalue weighted by Gasteiger charge is -2.16. The molecule has 4 rings (SSSR count). The first kappa shape index (κ1) is 22.4. The lowest BCUT2D eigenvalue weighted by molar-refractivity contribution is -0.119. The molecule has 3 aromatic rings. The standard InChI is InChI=1S/C26H26FNO3S/c1-26(2)22-17-19(11-14-24(22)28-25(26)29)31-15-5-6-16-32(30)20-12-9-18(10-13-20)21-7-3-4-8-23(21)27/h3-4,7-14,17H,5-6,15-16H2,1-2H3,(H,28,29). The van der Waals surface area contributed by atoms with E-state index >= 15 is 0 Å². The monoisotopic (exact) mass is 451 g/mol. The van der Waals surface area contributed by atoms with Gasteiger partial charge in [-0.2, -0.15) is 0 Å². The Kier molecular flexibility index (Phi) is 6.53. The number of rotatable bonds is 8. The third-order valence-corrected chi connectivity index (χ3v) is 7.23. The van der Waals surface area contributed by atoms with E-state index in [1.54, 1.807) is 30.3 Å². The van der Waals surface area contributed by atoms with Gasteiger partial charge in [0.05, 0.1) is 12.0 Å². The Morgan fingerprint density at radius 1 is 1.03 bits per heavy atom. The number of fused-ring (bicyclic) bond motifs is 1. The van der Waals surface area contributed by atoms with Gasteiger partial charge in [0.25, 0.3) is 0 Å². The van der Waals surface area contributed by atoms with Crippen LogP contribution in [-0.2, 0) is 21.4 Å². The molecule has 0 radical (unpaired) electrons. The number of hydrogen-bond donors (Lipinski definition) is 1. The summed E-state index contributed by atoms with van der Waals surface area (Å²) in [5.74, 6) is 1.00. The van der Waals surface area contributed by atoms with Crippen LogP contribution >= 0.6 is 0 Å². The molecule has 0 saturated carbocycles. The summed E-state index contributed by atoms with van der Waals surface area (Å²) < 4.78 is 32.4. The van der Waals surface area contributed by atoms with Gasteiger partial charge in [0.2, 0.25) is 5.91 Å². The normalized spacial score (nSPS) is 15.2. The average molecular weight is 452 g/mol. The number of carbonyl (C=O) groups excluding carboxylic acids is 1. The van der Waals surface area contributed by atoms with Crippen molar-refractivity contribution in [1.29, 1.82) is 0 Å². The van der Waals surface area contributed by atoms with Crippen molar-refractivity contribution < 1.29 is 18.5 Å². The zero-order chi connectivity index (χ0) is 22.7. The van der Waals surface area contributed by atoms with Crippen LogP contribution in [0, 0.1) is 5.82 Å². The predicted molar refractivity (Wildman–Crippen MR) is 126 cm³/mol. The SMILES string of the molecule is CC1(C)C(=O)Nc2ccc(OCCCC[S+]([O-])c3ccc(-c4ccccc4F)cc3)cc21. The lowest BCUT2D eigenvalue weighted by atomic mass is 9.86. The fourth-order valence-electron chi connectivity index (χ4n) is 3.76. The van der Waals surface area contributed by atoms with Crippen LogP contribution in [0.25, 0.3) is 11.1 Å². The molecule has 166 valence electrons. The van der Waals surface area contributed by atoms with Gasteiger partial charge in [-0.1, -0.05) is 18.2 Å². The van der Waals surface area contributed by atoms with Crippen LogP contribution in [0.3, 0.4) is 0 Å². The number of anilines is 1. The molecular weight excluding hydrogens is 425 g/mol. The highest BCUT2D eigenvalue weighted by molar-refractivity contribution is 7.91. The van der Waals surface area contributed by atoms with Crippen molar-refractivity contribution in [3.05, 3.63) is 78.1 Å². The molecule has 0 spiro atoms. The molecule has 1 aliphatic rings. The summed E-state index contributed by atoms with van der Waals surface area (Å²) in [6.45, 7) is 4.32. The van der Waals surface area contributed by atoms with Crippen molar-refractivity contribution >= 4 is 22.8 Å². The first-order chi connectivity index (χ1) is 15.4. The second-order valence-corrected chi connectivity index (χ2v) is 9.97. The van der Waals surface area contributed by atoms with E-state index in [2.05, 4.69) is 5.32 Å². The van der Waals surface area contributed by atoms with E-state index < -0.39 is 16.6 Å². The van der Waals surface area contributed by atoms with E-state index in [0.29, 0.717) is 17.9 Å². The molecule has 1 amide bonds. The topological polar surface area (TPSA) is 61.4 Å². The minimum absolute atomic E-state index is 0.00550. The van der Waals surface area contributed by atoms with Gasteiger partial charge in [0.1, 0.15) is 17.3 Å². The fraction of sp³-hybridized carbons (Fsp3) is 0.269. The fourth-order valence-corrected chi connectivity index (χ4v) is 4.91. The summed E-state index contributed by atoms with van der Waals surface area (Å²) in [6, 6.07) is 19.5. The second kappa shape index (κ2) is 9.35. The number of nitrogens with one attached hydrogen (secondary N) is 1. The third-order valence-electron chi connectivity index (χ3n) is 5.78. The molecular formula is C26H26FNO3S. The number of benzene rings is 3. The number of carbonyl (C=O) groups is 1. The molecule has 6 heteroatoms. The van der Waals surface area contributed by atoms with E-state index in [1.165, 1.54) is 6.07 Å². The highest BCUT2D eigenvalue weighted by atomic mass is 32.2. The van der Waals surface area contributed by atoms with Gasteiger partial charge in [-0.15, -0.1) is 0 Å². The molecule has 4 nitrogen and oxygen atoms in total. The summed E-state index contributed by atoms with van der Waals surface area (Å²) in [4.78, 5) is 12.8. The molecule has 32 heavy (non-hydrogen) atoms. The van der Waals surface area contributed by atoms with Crippen molar-refractivity contribution in [3.8, 4) is 16.9 Å². The van der Waals surface area contributed by atoms with Crippen molar-refractivity contribution in [2.75, 3.05) is 17.7 Å². The summed E-state index contributed by atoms with van der Waals surface area (Å²) in [7, 11) is 0. The van der Waals surface area contributed by atoms with Crippen LogP contribution in [0.4, 0.5) is 10.1 Å². The molecule has 1 aliphatic heterocycles. The number of halogens is 1. The highest BCUT2D eigenvalue weighted by Gasteiger charge is 2.38. The number of ether oxygens (including phenoxy) is 1. The molecule has 0 fully saturated rings. The largest absolute Gasteiger partial charge is 0.611 e. The first-order valence-electron chi connectivity index (χ1n) is 10.7. The van der Waals surface area contributed by atoms with Gasteiger partial charge in [0, 0.05) is 11.3 Å². The zero-order valence-electron chi connectivity index (χ0n) is 18.2. The number of amides is 1. The number of hydrogen-bond acceptors (Lipinski definition) is 3. The van der Waals surface area contributed by atoms with Gasteiger partial charge >= 0.3 is 0 Å². The van der Waals surface area contributed by atoms with Gasteiger partial charge in [-0.3, -0.25) is 4.79 Å². The van der Waals surface area contributed by atoms with Crippen LogP contribution in [0.2, 0.25) is 0 Å². The Morgan fingerprint density at radius 2 is 1.78 bits per heavy atom. The average Bonchev–Trinajstić information content (AvgIpc) is 3.02. The maximum atomic E-state index is 13.9. The van der Waals surface area contributed by atoms with Crippen molar-refractivity contribution in [1.82, 2.24) is 0 Å². The van der Waals surface area contributed by atoms with Gasteiger partial charge in [-0.05, 0) is 97.5 Å². The Hall–Kier alpha value is -2.83. The van der Waals surface area contributed by atoms with Crippen molar-refractivity contribution in [2.24, 2.45) is 0 Å². The molecule has 1 atom stereocenters. The molecule has 0 aliphatic carbocycles. The summed E-state index contributed by atoms with van der Waals surface area (Å²) in [6.07, 6.45) is 1.54. The molecule has 0 saturated heterocycles. The van der Waals surface area contributed by atoms with Crippen LogP contribution in [-0.4, -0.2) is 22.8 Å². The van der Waals surface area contributed by atoms with Crippen LogP contribution in [0.15, 0.2) is 71.6 Å². The second-order valence-electron chi connectivity index (χ2n) is 8.40. The maximum absolute atomic E-state index is 13.9. The Balaban J connectivity index is 1.25. The summed E-state index contributed by atoms with van der Waals surface area (Å²) in [5, 5.41) is 2.89. The molecule has 0 aromatic heterocycles. The Bertz CT molecular complexity index is 1110. The van der Waals surface area contributed by atoms with E-state index in [-0.39, 0.29) is 11.7 Å². The molecule has 1 unspecified atom stereocenters. The molecule has 1 heterocycles. The van der Waals surface area contributed by atoms with E-state index in [0.717, 1.165) is 40.3 Å². The molecule has 0 bridgehead atoms. The minimum Gasteiger partial charge on any atom is -0.611 e. The Labute approximate surface area is 191 Å². The van der Waals surface area contributed by atoms with Crippen LogP contribution in [0.1, 0.15) is 32.3 Å². The number of unbranched alkanes of at least 4 members (excludes halogenated alkanes) is 1. The maximum Gasteiger partial charge on any atom is 0.234 e. The zero-order valence-corrected chi connectivity index (χ0v) is 19.0. The molecule has 1 N–H and O–H groups in total. The summed E-state index contributed by atoms with van der Waals surface area (Å²) >= 11 is -1.11. The third kappa shape index (κ3) is 4.66. The quantitative estimate of drug-likeness (QED) is 0.354. The minimum atomic E-state index is -1.11. The summed E-state index contributed by atoms with van der Waals surface area (Å²) in [5.41, 5.74) is 2.53. The highest BCUT2D eigenvalue weighted by Crippen LogP contribution is 2.39. The van der Waals surface area contributed by atoms with E-state index in [4.69, 9.17) is 4.74 Å². The smallest absolute Gasteiger partial charge is 0.234 e. The van der Waals surface area contributed by atoms with E-state index in [9.17, 15) is 13.7 Å². The van der Waals surface area contributed by atoms with Crippen molar-refractivity contribution in [2.45, 2.75) is 37.0 Å². The predicted octanol–water partition coefficient (Wildman–Crippen LogP) is 5.69. The first-order valence-corrected chi connectivity index (χ1v) is 12.0. The van der Waals surface area contributed by atoms with Crippen molar-refractivity contribution in [3.63, 3.8) is 0 Å². The van der Waals surface area contributed by atoms with E-state index in [1.807, 2.05) is 44.2 Å². The van der Waals surface area contributed by atoms with Crippen LogP contribution in [0.5, 0.6) is 5.75 Å². The van der Waals surface area contributed by atoms with Crippen LogP contribution < -0.4 is 10.1 Å². The Morgan fingerprint density at radius 3 is 2.53 bits per heavy atom. The lowest BCUT2D eigenvalue weighted by Crippen LogP contribution is -2.26. The molecule has 3 aromatic carbocycles. The van der Waals surface area contributed by atoms with Gasteiger partial charge in [-0.25, -0.2) is 4.39 Å². The van der Waals surface area contributed by atoms with Gasteiger partial charge < -0.3 is 14.6 Å².